The van der Waals surface area contributed by atoms with Crippen molar-refractivity contribution in [1.29, 1.82) is 0 Å². The van der Waals surface area contributed by atoms with E-state index in [2.05, 4.69) is 55.4 Å². The van der Waals surface area contributed by atoms with Crippen molar-refractivity contribution in [1.82, 2.24) is 0 Å². The first-order valence-electron chi connectivity index (χ1n) is 6.17. The highest BCUT2D eigenvalue weighted by Gasteiger charge is 2.18. The summed E-state index contributed by atoms with van der Waals surface area (Å²) in [6.45, 7) is 6.94. The molecule has 0 N–H and O–H groups in total. The minimum Gasteiger partial charge on any atom is -0.131 e. The second-order valence-corrected chi connectivity index (χ2v) is 10.4. The van der Waals surface area contributed by atoms with Gasteiger partial charge in [-0.3, -0.25) is 0 Å². The lowest BCUT2D eigenvalue weighted by Crippen LogP contribution is -2.17. The molecule has 84 valence electrons. The van der Waals surface area contributed by atoms with Gasteiger partial charge in [-0.25, -0.2) is 0 Å². The summed E-state index contributed by atoms with van der Waals surface area (Å²) in [7, 11) is -1.22. The average molecular weight is 228 g/mol. The van der Waals surface area contributed by atoms with Crippen molar-refractivity contribution >= 4 is 8.07 Å². The van der Waals surface area contributed by atoms with Gasteiger partial charge in [0.2, 0.25) is 0 Å². The highest BCUT2D eigenvalue weighted by atomic mass is 28.3. The number of hydrogen-bond acceptors (Lipinski definition) is 0. The summed E-state index contributed by atoms with van der Waals surface area (Å²) in [5, 5.41) is 0. The van der Waals surface area contributed by atoms with Crippen molar-refractivity contribution < 1.29 is 0 Å². The van der Waals surface area contributed by atoms with Crippen LogP contribution in [-0.4, -0.2) is 8.07 Å². The molecule has 1 atom stereocenters. The van der Waals surface area contributed by atoms with Crippen LogP contribution in [0.15, 0.2) is 24.3 Å². The van der Waals surface area contributed by atoms with Crippen molar-refractivity contribution in [3.8, 4) is 11.5 Å². The Hall–Kier alpha value is -1.00. The molecule has 1 aromatic rings. The lowest BCUT2D eigenvalue weighted by molar-refractivity contribution is 0.641. The summed E-state index contributed by atoms with van der Waals surface area (Å²) in [5.41, 5.74) is 6.52. The molecule has 1 unspecified atom stereocenters. The first-order valence-corrected chi connectivity index (χ1v) is 9.67. The van der Waals surface area contributed by atoms with Gasteiger partial charge in [0.15, 0.2) is 0 Å². The number of aryl methyl sites for hydroxylation is 1. The van der Waals surface area contributed by atoms with Crippen LogP contribution in [0.4, 0.5) is 0 Å². The number of rotatable bonds is 0. The largest absolute Gasteiger partial charge is 0.131 e. The van der Waals surface area contributed by atoms with Gasteiger partial charge in [0.1, 0.15) is 8.07 Å². The Morgan fingerprint density at radius 3 is 2.69 bits per heavy atom. The maximum Gasteiger partial charge on any atom is 0.129 e. The lowest BCUT2D eigenvalue weighted by atomic mass is 9.83. The molecule has 1 aliphatic carbocycles. The van der Waals surface area contributed by atoms with Gasteiger partial charge in [0.25, 0.3) is 0 Å². The maximum absolute atomic E-state index is 3.53. The van der Waals surface area contributed by atoms with Crippen LogP contribution in [-0.2, 0) is 6.42 Å². The molecule has 1 aliphatic rings. The van der Waals surface area contributed by atoms with Gasteiger partial charge in [-0.2, -0.15) is 0 Å². The summed E-state index contributed by atoms with van der Waals surface area (Å²) < 4.78 is 0. The van der Waals surface area contributed by atoms with E-state index in [1.165, 1.54) is 30.4 Å². The SMILES string of the molecule is C[Si](C)(C)C#CC1CCCc2ccccc21. The van der Waals surface area contributed by atoms with Crippen LogP contribution in [0.3, 0.4) is 0 Å². The van der Waals surface area contributed by atoms with Gasteiger partial charge < -0.3 is 0 Å². The van der Waals surface area contributed by atoms with E-state index in [1.807, 2.05) is 0 Å². The van der Waals surface area contributed by atoms with Gasteiger partial charge in [0, 0.05) is 5.92 Å². The Morgan fingerprint density at radius 1 is 1.19 bits per heavy atom. The Morgan fingerprint density at radius 2 is 1.94 bits per heavy atom. The zero-order valence-electron chi connectivity index (χ0n) is 10.5. The van der Waals surface area contributed by atoms with Crippen LogP contribution >= 0.6 is 0 Å². The molecule has 1 heteroatoms. The fourth-order valence-electron chi connectivity index (χ4n) is 2.21. The van der Waals surface area contributed by atoms with E-state index < -0.39 is 8.07 Å². The van der Waals surface area contributed by atoms with Gasteiger partial charge in [-0.05, 0) is 30.4 Å². The van der Waals surface area contributed by atoms with Crippen LogP contribution in [0.5, 0.6) is 0 Å². The van der Waals surface area contributed by atoms with Crippen LogP contribution < -0.4 is 0 Å². The van der Waals surface area contributed by atoms with E-state index in [1.54, 1.807) is 0 Å². The van der Waals surface area contributed by atoms with Crippen LogP contribution in [0.1, 0.15) is 29.9 Å². The molecule has 0 nitrogen and oxygen atoms in total. The van der Waals surface area contributed by atoms with Crippen LogP contribution in [0, 0.1) is 11.5 Å². The predicted molar refractivity (Wildman–Crippen MR) is 73.2 cm³/mol. The molecule has 1 aromatic carbocycles. The van der Waals surface area contributed by atoms with Gasteiger partial charge in [0.05, 0.1) is 0 Å². The number of benzene rings is 1. The summed E-state index contributed by atoms with van der Waals surface area (Å²) >= 11 is 0. The molecule has 0 aromatic heterocycles. The van der Waals surface area contributed by atoms with Crippen LogP contribution in [0.25, 0.3) is 0 Å². The van der Waals surface area contributed by atoms with E-state index in [0.29, 0.717) is 5.92 Å². The molecule has 0 saturated carbocycles. The Balaban J connectivity index is 2.28. The first kappa shape index (κ1) is 11.5. The lowest BCUT2D eigenvalue weighted by Gasteiger charge is -2.21. The molecule has 0 heterocycles. The standard InChI is InChI=1S/C15H20Si/c1-16(2,3)12-11-14-9-6-8-13-7-4-5-10-15(13)14/h4-5,7,10,14H,6,8-9H2,1-3H3. The first-order chi connectivity index (χ1) is 7.56. The molecular weight excluding hydrogens is 208 g/mol. The molecule has 0 saturated heterocycles. The van der Waals surface area contributed by atoms with E-state index >= 15 is 0 Å². The number of fused-ring (bicyclic) bond motifs is 1. The molecule has 2 rings (SSSR count). The normalized spacial score (nSPS) is 19.6. The highest BCUT2D eigenvalue weighted by Crippen LogP contribution is 2.30. The average Bonchev–Trinajstić information content (AvgIpc) is 2.25. The summed E-state index contributed by atoms with van der Waals surface area (Å²) in [5.74, 6) is 4.03. The monoisotopic (exact) mass is 228 g/mol. The minimum absolute atomic E-state index is 0.497. The summed E-state index contributed by atoms with van der Waals surface area (Å²) in [6.07, 6.45) is 3.78. The van der Waals surface area contributed by atoms with E-state index in [0.717, 1.165) is 0 Å². The van der Waals surface area contributed by atoms with Gasteiger partial charge in [-0.15, -0.1) is 11.5 Å². The Kier molecular flexibility index (Phi) is 3.21. The molecule has 0 bridgehead atoms. The second kappa shape index (κ2) is 4.47. The fraction of sp³-hybridized carbons (Fsp3) is 0.467. The quantitative estimate of drug-likeness (QED) is 0.465. The molecule has 16 heavy (non-hydrogen) atoms. The van der Waals surface area contributed by atoms with E-state index in [4.69, 9.17) is 0 Å². The van der Waals surface area contributed by atoms with Crippen molar-refractivity contribution in [3.63, 3.8) is 0 Å². The Labute approximate surface area is 100 Å². The highest BCUT2D eigenvalue weighted by molar-refractivity contribution is 6.83. The summed E-state index contributed by atoms with van der Waals surface area (Å²) in [6, 6.07) is 8.82. The van der Waals surface area contributed by atoms with Crippen molar-refractivity contribution in [2.24, 2.45) is 0 Å². The maximum atomic E-state index is 3.53. The van der Waals surface area contributed by atoms with E-state index in [9.17, 15) is 0 Å². The third-order valence-electron chi connectivity index (χ3n) is 2.99. The number of hydrogen-bond donors (Lipinski definition) is 0. The van der Waals surface area contributed by atoms with E-state index in [-0.39, 0.29) is 0 Å². The van der Waals surface area contributed by atoms with Crippen molar-refractivity contribution in [2.45, 2.75) is 44.8 Å². The molecular formula is C15H20Si. The third kappa shape index (κ3) is 2.77. The molecule has 0 fully saturated rings. The molecule has 0 aliphatic heterocycles. The Bertz CT molecular complexity index is 429. The molecule has 0 radical (unpaired) electrons. The summed E-state index contributed by atoms with van der Waals surface area (Å²) in [4.78, 5) is 0. The smallest absolute Gasteiger partial charge is 0.129 e. The van der Waals surface area contributed by atoms with Gasteiger partial charge in [-0.1, -0.05) is 43.9 Å². The minimum atomic E-state index is -1.22. The second-order valence-electron chi connectivity index (χ2n) is 5.66. The zero-order chi connectivity index (χ0) is 11.6. The van der Waals surface area contributed by atoms with Gasteiger partial charge >= 0.3 is 0 Å². The zero-order valence-corrected chi connectivity index (χ0v) is 11.5. The predicted octanol–water partition coefficient (Wildman–Crippen LogP) is 3.99. The fourth-order valence-corrected chi connectivity index (χ4v) is 2.81. The third-order valence-corrected chi connectivity index (χ3v) is 3.89. The van der Waals surface area contributed by atoms with Crippen molar-refractivity contribution in [2.75, 3.05) is 0 Å². The molecule has 0 spiro atoms. The topological polar surface area (TPSA) is 0 Å². The van der Waals surface area contributed by atoms with Crippen LogP contribution in [0.2, 0.25) is 19.6 Å². The molecule has 0 amide bonds. The van der Waals surface area contributed by atoms with Crippen molar-refractivity contribution in [3.05, 3.63) is 35.4 Å².